The van der Waals surface area contributed by atoms with Crippen LogP contribution in [0.1, 0.15) is 11.1 Å². The van der Waals surface area contributed by atoms with Crippen molar-refractivity contribution in [1.82, 2.24) is 0 Å². The Kier molecular flexibility index (Phi) is 9.02. The smallest absolute Gasteiger partial charge is 0.870 e. The van der Waals surface area contributed by atoms with Crippen molar-refractivity contribution in [2.75, 3.05) is 0 Å². The van der Waals surface area contributed by atoms with Crippen LogP contribution in [-0.2, 0) is 15.0 Å². The summed E-state index contributed by atoms with van der Waals surface area (Å²) in [6, 6.07) is 16.3. The fourth-order valence-electron chi connectivity index (χ4n) is 1.72. The van der Waals surface area contributed by atoms with Crippen molar-refractivity contribution < 1.29 is 19.5 Å². The molecule has 0 unspecified atom stereocenters. The van der Waals surface area contributed by atoms with Gasteiger partial charge in [0, 0.05) is 0 Å². The zero-order valence-electron chi connectivity index (χ0n) is 11.5. The zero-order valence-corrected chi connectivity index (χ0v) is 13.5. The minimum absolute atomic E-state index is 0. The van der Waals surface area contributed by atoms with E-state index in [1.54, 1.807) is 11.8 Å². The predicted octanol–water partition coefficient (Wildman–Crippen LogP) is 2.96. The summed E-state index contributed by atoms with van der Waals surface area (Å²) >= 11 is 3.68. The van der Waals surface area contributed by atoms with Gasteiger partial charge in [0.2, 0.25) is 0 Å². The van der Waals surface area contributed by atoms with Crippen LogP contribution >= 0.6 is 11.8 Å². The molecule has 0 amide bonds. The standard InChI is InChI=1S/C15H14O2S.Al.2H2O/c1-11-7-8-14(9-12(11)10-15(16)17)18-13-5-3-2-4-6-13;;;/h2-9H,10H2,1H3,(H,16,17);;2*1H2/q;+3;;/p-3. The maximum atomic E-state index is 11.4. The predicted molar refractivity (Wildman–Crippen MR) is 81.2 cm³/mol. The average Bonchev–Trinajstić information content (AvgIpc) is 2.43. The molecule has 2 rings (SSSR count). The topological polar surface area (TPSA) is 86.3 Å². The molecule has 6 heteroatoms. The first-order valence-corrected chi connectivity index (χ1v) is 7.20. The summed E-state index contributed by atoms with van der Waals surface area (Å²) in [5.41, 5.74) is 2.11. The fraction of sp³-hybridized carbons (Fsp3) is 0.133. The van der Waals surface area contributed by atoms with E-state index in [1.165, 1.54) is 4.90 Å². The monoisotopic (exact) mass is 318 g/mol. The molecule has 0 bridgehead atoms. The van der Waals surface area contributed by atoms with E-state index in [-0.39, 0.29) is 16.9 Å². The first-order chi connectivity index (χ1) is 9.19. The van der Waals surface area contributed by atoms with Crippen molar-refractivity contribution in [2.45, 2.75) is 23.1 Å². The van der Waals surface area contributed by atoms with Crippen molar-refractivity contribution in [1.29, 1.82) is 0 Å². The third kappa shape index (κ3) is 5.92. The molecule has 0 heterocycles. The Labute approximate surface area is 136 Å². The molecule has 108 valence electrons. The molecule has 0 saturated heterocycles. The van der Waals surface area contributed by atoms with Gasteiger partial charge in [-0.25, -0.2) is 0 Å². The van der Waals surface area contributed by atoms with Crippen LogP contribution < -0.4 is 0 Å². The summed E-state index contributed by atoms with van der Waals surface area (Å²) < 4.78 is 4.64. The summed E-state index contributed by atoms with van der Waals surface area (Å²) in [5.74, 6) is -0.241. The normalized spacial score (nSPS) is 9.29. The number of carbonyl (C=O) groups excluding carboxylic acids is 1. The van der Waals surface area contributed by atoms with Crippen LogP contribution in [0.3, 0.4) is 0 Å². The molecule has 0 aliphatic rings. The van der Waals surface area contributed by atoms with Crippen LogP contribution in [-0.4, -0.2) is 33.5 Å². The molecule has 2 N–H and O–H groups in total. The van der Waals surface area contributed by atoms with Crippen molar-refractivity contribution in [3.63, 3.8) is 0 Å². The average molecular weight is 318 g/mol. The van der Waals surface area contributed by atoms with Crippen LogP contribution in [0.4, 0.5) is 0 Å². The molecular formula is C15H15AlO4S. The van der Waals surface area contributed by atoms with Gasteiger partial charge in [-0.15, -0.1) is 0 Å². The second kappa shape index (κ2) is 9.61. The summed E-state index contributed by atoms with van der Waals surface area (Å²) in [7, 11) is 0. The number of rotatable bonds is 4. The minimum atomic E-state index is -0.241. The molecule has 0 atom stereocenters. The van der Waals surface area contributed by atoms with E-state index >= 15 is 0 Å². The molecule has 2 aromatic rings. The minimum Gasteiger partial charge on any atom is -0.870 e. The summed E-state index contributed by atoms with van der Waals surface area (Å²) in [6.45, 7) is 2.00. The molecule has 0 radical (unpaired) electrons. The van der Waals surface area contributed by atoms with Crippen molar-refractivity contribution in [3.05, 3.63) is 59.7 Å². The van der Waals surface area contributed by atoms with Gasteiger partial charge in [0.1, 0.15) is 0 Å². The van der Waals surface area contributed by atoms with Crippen LogP contribution in [0, 0.1) is 6.92 Å². The number of hydrogen-bond donors (Lipinski definition) is 0. The molecule has 4 nitrogen and oxygen atoms in total. The Hall–Kier alpha value is -1.29. The molecular weight excluding hydrogens is 303 g/mol. The first kappa shape index (κ1) is 19.7. The zero-order chi connectivity index (χ0) is 13.7. The third-order valence-corrected chi connectivity index (χ3v) is 4.03. The van der Waals surface area contributed by atoms with Crippen LogP contribution in [0.15, 0.2) is 58.3 Å². The van der Waals surface area contributed by atoms with Gasteiger partial charge < -0.3 is 11.0 Å². The van der Waals surface area contributed by atoms with E-state index < -0.39 is 0 Å². The van der Waals surface area contributed by atoms with Gasteiger partial charge in [-0.3, -0.25) is 0 Å². The molecule has 21 heavy (non-hydrogen) atoms. The molecule has 0 saturated carbocycles. The van der Waals surface area contributed by atoms with Crippen molar-refractivity contribution in [3.8, 4) is 0 Å². The Morgan fingerprint density at radius 1 is 1.10 bits per heavy atom. The maximum Gasteiger partial charge on any atom is -0.870 e. The second-order valence-electron chi connectivity index (χ2n) is 4.17. The van der Waals surface area contributed by atoms with E-state index in [2.05, 4.69) is 28.1 Å². The Balaban J connectivity index is 0.00000200. The van der Waals surface area contributed by atoms with Gasteiger partial charge >= 0.3 is 126 Å². The van der Waals surface area contributed by atoms with E-state index in [9.17, 15) is 4.79 Å². The van der Waals surface area contributed by atoms with Gasteiger partial charge in [-0.2, -0.15) is 0 Å². The van der Waals surface area contributed by atoms with Crippen molar-refractivity contribution in [2.24, 2.45) is 0 Å². The third-order valence-electron chi connectivity index (χ3n) is 2.77. The number of carbonyl (C=O) groups is 1. The van der Waals surface area contributed by atoms with E-state index in [0.717, 1.165) is 16.0 Å². The summed E-state index contributed by atoms with van der Waals surface area (Å²) in [6.07, 6.45) is 0.304. The molecule has 2 aromatic carbocycles. The first-order valence-electron chi connectivity index (χ1n) is 5.91. The SMILES string of the molecule is Cc1ccc(Sc2ccccc2)cc1CC(=O)[O][Al+2].[OH-].[OH-]. The number of benzene rings is 2. The summed E-state index contributed by atoms with van der Waals surface area (Å²) in [4.78, 5) is 13.7. The second-order valence-corrected chi connectivity index (χ2v) is 5.55. The molecule has 0 aliphatic heterocycles. The molecule has 0 spiro atoms. The van der Waals surface area contributed by atoms with Crippen LogP contribution in [0.25, 0.3) is 0 Å². The van der Waals surface area contributed by atoms with Gasteiger partial charge in [0.05, 0.1) is 0 Å². The summed E-state index contributed by atoms with van der Waals surface area (Å²) in [5, 5.41) is 0. The Bertz CT molecular complexity index is 575. The van der Waals surface area contributed by atoms with E-state index in [1.807, 2.05) is 47.8 Å². The van der Waals surface area contributed by atoms with Gasteiger partial charge in [0.25, 0.3) is 0 Å². The van der Waals surface area contributed by atoms with E-state index in [0.29, 0.717) is 6.42 Å². The number of hydrogen-bond acceptors (Lipinski definition) is 5. The fourth-order valence-corrected chi connectivity index (χ4v) is 2.71. The van der Waals surface area contributed by atoms with Crippen LogP contribution in [0.2, 0.25) is 0 Å². The van der Waals surface area contributed by atoms with Crippen LogP contribution in [0.5, 0.6) is 0 Å². The molecule has 0 aliphatic carbocycles. The largest absolute Gasteiger partial charge is 0.870 e. The maximum absolute atomic E-state index is 11.4. The van der Waals surface area contributed by atoms with Gasteiger partial charge in [0.15, 0.2) is 0 Å². The van der Waals surface area contributed by atoms with Gasteiger partial charge in [-0.05, 0) is 0 Å². The van der Waals surface area contributed by atoms with Crippen molar-refractivity contribution >= 4 is 34.4 Å². The molecule has 0 aromatic heterocycles. The number of aryl methyl sites for hydroxylation is 1. The van der Waals surface area contributed by atoms with Gasteiger partial charge in [-0.1, -0.05) is 0 Å². The van der Waals surface area contributed by atoms with E-state index in [4.69, 9.17) is 0 Å². The Morgan fingerprint density at radius 3 is 2.38 bits per heavy atom. The molecule has 0 fully saturated rings. The quantitative estimate of drug-likeness (QED) is 0.809. The Morgan fingerprint density at radius 2 is 1.76 bits per heavy atom.